The van der Waals surface area contributed by atoms with Crippen LogP contribution in [0.3, 0.4) is 0 Å². The summed E-state index contributed by atoms with van der Waals surface area (Å²) in [5.74, 6) is 2.51. The highest BCUT2D eigenvalue weighted by atomic mass is 16.5. The molecule has 1 aliphatic rings. The van der Waals surface area contributed by atoms with Crippen molar-refractivity contribution in [1.82, 2.24) is 5.32 Å². The second-order valence-corrected chi connectivity index (χ2v) is 6.81. The molecule has 0 spiro atoms. The first-order valence-corrected chi connectivity index (χ1v) is 9.22. The van der Waals surface area contributed by atoms with Crippen molar-refractivity contribution in [3.8, 4) is 5.75 Å². The maximum absolute atomic E-state index is 10.9. The summed E-state index contributed by atoms with van der Waals surface area (Å²) in [6.45, 7) is 2.86. The van der Waals surface area contributed by atoms with Crippen LogP contribution in [0.1, 0.15) is 54.7 Å². The van der Waals surface area contributed by atoms with E-state index in [0.29, 0.717) is 30.7 Å². The fourth-order valence-corrected chi connectivity index (χ4v) is 3.22. The molecule has 0 bridgehead atoms. The normalized spacial score (nSPS) is 15.4. The van der Waals surface area contributed by atoms with Gasteiger partial charge in [0.2, 0.25) is 6.41 Å². The molecule has 1 atom stereocenters. The van der Waals surface area contributed by atoms with E-state index >= 15 is 0 Å². The lowest BCUT2D eigenvalue weighted by Crippen LogP contribution is -2.24. The van der Waals surface area contributed by atoms with Crippen LogP contribution in [0.2, 0.25) is 0 Å². The number of ether oxygens (including phenoxy) is 1. The molecule has 1 amide bonds. The molecule has 1 fully saturated rings. The zero-order chi connectivity index (χ0) is 18.4. The maximum Gasteiger partial charge on any atom is 0.212 e. The van der Waals surface area contributed by atoms with Gasteiger partial charge in [-0.15, -0.1) is 0 Å². The number of amidine groups is 1. The summed E-state index contributed by atoms with van der Waals surface area (Å²) in [6.07, 6.45) is 4.12. The molecule has 26 heavy (non-hydrogen) atoms. The van der Waals surface area contributed by atoms with Gasteiger partial charge in [-0.3, -0.25) is 9.79 Å². The van der Waals surface area contributed by atoms with Crippen LogP contribution in [0.15, 0.2) is 53.5 Å². The molecule has 2 aromatic carbocycles. The third-order valence-electron chi connectivity index (χ3n) is 4.89. The molecule has 0 radical (unpaired) electrons. The summed E-state index contributed by atoms with van der Waals surface area (Å²) < 4.78 is 5.86. The Morgan fingerprint density at radius 3 is 2.69 bits per heavy atom. The van der Waals surface area contributed by atoms with Crippen LogP contribution in [0.25, 0.3) is 0 Å². The molecule has 0 aliphatic heterocycles. The molecule has 2 aromatic rings. The van der Waals surface area contributed by atoms with Crippen LogP contribution < -0.4 is 10.1 Å². The van der Waals surface area contributed by atoms with Crippen LogP contribution in [0.4, 0.5) is 0 Å². The van der Waals surface area contributed by atoms with Crippen molar-refractivity contribution in [2.45, 2.75) is 38.0 Å². The first-order chi connectivity index (χ1) is 12.7. The van der Waals surface area contributed by atoms with E-state index in [2.05, 4.69) is 35.4 Å². The highest BCUT2D eigenvalue weighted by molar-refractivity contribution is 6.05. The predicted octanol–water partition coefficient (Wildman–Crippen LogP) is 4.26. The summed E-state index contributed by atoms with van der Waals surface area (Å²) in [5.41, 5.74) is 3.61. The van der Waals surface area contributed by atoms with Gasteiger partial charge in [-0.1, -0.05) is 43.3 Å². The smallest absolute Gasteiger partial charge is 0.212 e. The van der Waals surface area contributed by atoms with Crippen molar-refractivity contribution < 1.29 is 9.53 Å². The summed E-state index contributed by atoms with van der Waals surface area (Å²) in [4.78, 5) is 15.2. The number of benzene rings is 2. The van der Waals surface area contributed by atoms with Gasteiger partial charge >= 0.3 is 0 Å². The Bertz CT molecular complexity index is 767. The SMILES string of the molecule is CN=C(NC=O)c1ccc(C2CC2)cc1C(C)CCOc1ccccc1. The molecular weight excluding hydrogens is 324 g/mol. The predicted molar refractivity (Wildman–Crippen MR) is 105 cm³/mol. The molecule has 0 heterocycles. The van der Waals surface area contributed by atoms with E-state index in [1.165, 1.54) is 24.0 Å². The van der Waals surface area contributed by atoms with Crippen LogP contribution in [0, 0.1) is 0 Å². The lowest BCUT2D eigenvalue weighted by atomic mass is 9.90. The lowest BCUT2D eigenvalue weighted by Gasteiger charge is -2.19. The Morgan fingerprint density at radius 2 is 2.04 bits per heavy atom. The second-order valence-electron chi connectivity index (χ2n) is 6.81. The highest BCUT2D eigenvalue weighted by Crippen LogP contribution is 2.41. The van der Waals surface area contributed by atoms with Crippen molar-refractivity contribution in [1.29, 1.82) is 0 Å². The van der Waals surface area contributed by atoms with Crippen molar-refractivity contribution >= 4 is 12.2 Å². The molecule has 0 saturated heterocycles. The van der Waals surface area contributed by atoms with Gasteiger partial charge in [-0.05, 0) is 54.4 Å². The largest absolute Gasteiger partial charge is 0.494 e. The molecule has 0 aromatic heterocycles. The Morgan fingerprint density at radius 1 is 1.27 bits per heavy atom. The number of nitrogens with zero attached hydrogens (tertiary/aromatic N) is 1. The van der Waals surface area contributed by atoms with Crippen LogP contribution in [-0.4, -0.2) is 25.9 Å². The van der Waals surface area contributed by atoms with E-state index in [1.807, 2.05) is 30.3 Å². The van der Waals surface area contributed by atoms with Crippen molar-refractivity contribution in [3.63, 3.8) is 0 Å². The van der Waals surface area contributed by atoms with Gasteiger partial charge < -0.3 is 10.1 Å². The van der Waals surface area contributed by atoms with Crippen LogP contribution in [-0.2, 0) is 4.79 Å². The Hall–Kier alpha value is -2.62. The number of hydrogen-bond donors (Lipinski definition) is 1. The van der Waals surface area contributed by atoms with Gasteiger partial charge in [0.15, 0.2) is 0 Å². The van der Waals surface area contributed by atoms with Gasteiger partial charge in [0, 0.05) is 12.6 Å². The van der Waals surface area contributed by atoms with Crippen molar-refractivity contribution in [3.05, 3.63) is 65.2 Å². The molecule has 4 heteroatoms. The van der Waals surface area contributed by atoms with Gasteiger partial charge in [-0.2, -0.15) is 0 Å². The molecule has 136 valence electrons. The summed E-state index contributed by atoms with van der Waals surface area (Å²) in [6, 6.07) is 16.4. The number of hydrogen-bond acceptors (Lipinski definition) is 3. The minimum atomic E-state index is 0.303. The summed E-state index contributed by atoms with van der Waals surface area (Å²) in [7, 11) is 1.70. The standard InChI is InChI=1S/C22H26N2O2/c1-16(12-13-26-19-6-4-3-5-7-19)21-14-18(17-8-9-17)10-11-20(21)22(23-2)24-15-25/h3-7,10-11,14-17H,8-9,12-13H2,1-2H3,(H,23,24,25). The minimum Gasteiger partial charge on any atom is -0.494 e. The number of para-hydroxylation sites is 1. The van der Waals surface area contributed by atoms with E-state index in [1.54, 1.807) is 7.05 Å². The molecular formula is C22H26N2O2. The third-order valence-corrected chi connectivity index (χ3v) is 4.89. The first-order valence-electron chi connectivity index (χ1n) is 9.22. The van der Waals surface area contributed by atoms with Crippen molar-refractivity contribution in [2.75, 3.05) is 13.7 Å². The minimum absolute atomic E-state index is 0.303. The third kappa shape index (κ3) is 4.51. The van der Waals surface area contributed by atoms with Gasteiger partial charge in [-0.25, -0.2) is 0 Å². The van der Waals surface area contributed by atoms with E-state index in [0.717, 1.165) is 17.7 Å². The number of aliphatic imine (C=N–C) groups is 1. The fourth-order valence-electron chi connectivity index (χ4n) is 3.22. The highest BCUT2D eigenvalue weighted by Gasteiger charge is 2.25. The molecule has 1 saturated carbocycles. The van der Waals surface area contributed by atoms with Crippen molar-refractivity contribution in [2.24, 2.45) is 4.99 Å². The first kappa shape index (κ1) is 18.2. The summed E-state index contributed by atoms with van der Waals surface area (Å²) in [5, 5.41) is 2.73. The van der Waals surface area contributed by atoms with E-state index in [9.17, 15) is 4.79 Å². The lowest BCUT2D eigenvalue weighted by molar-refractivity contribution is -0.108. The van der Waals surface area contributed by atoms with Crippen LogP contribution in [0.5, 0.6) is 5.75 Å². The quantitative estimate of drug-likeness (QED) is 0.439. The Balaban J connectivity index is 1.76. The maximum atomic E-state index is 10.9. The van der Waals surface area contributed by atoms with Gasteiger partial charge in [0.05, 0.1) is 6.61 Å². The average molecular weight is 350 g/mol. The molecule has 1 unspecified atom stereocenters. The molecule has 3 rings (SSSR count). The number of carbonyl (C=O) groups excluding carboxylic acids is 1. The average Bonchev–Trinajstić information content (AvgIpc) is 3.52. The fraction of sp³-hybridized carbons (Fsp3) is 0.364. The second kappa shape index (κ2) is 8.65. The zero-order valence-electron chi connectivity index (χ0n) is 15.4. The Labute approximate surface area is 155 Å². The number of amides is 1. The number of carbonyl (C=O) groups is 1. The molecule has 4 nitrogen and oxygen atoms in total. The van der Waals surface area contributed by atoms with E-state index in [-0.39, 0.29) is 0 Å². The molecule has 1 aliphatic carbocycles. The monoisotopic (exact) mass is 350 g/mol. The van der Waals surface area contributed by atoms with E-state index < -0.39 is 0 Å². The number of nitrogens with one attached hydrogen (secondary N) is 1. The van der Waals surface area contributed by atoms with E-state index in [4.69, 9.17) is 4.74 Å². The van der Waals surface area contributed by atoms with Crippen LogP contribution >= 0.6 is 0 Å². The van der Waals surface area contributed by atoms with Gasteiger partial charge in [0.1, 0.15) is 11.6 Å². The number of rotatable bonds is 8. The zero-order valence-corrected chi connectivity index (χ0v) is 15.4. The molecule has 1 N–H and O–H groups in total. The van der Waals surface area contributed by atoms with Gasteiger partial charge in [0.25, 0.3) is 0 Å². The topological polar surface area (TPSA) is 50.7 Å². The summed E-state index contributed by atoms with van der Waals surface area (Å²) >= 11 is 0. The Kier molecular flexibility index (Phi) is 6.05.